The molecule has 7 nitrogen and oxygen atoms in total. The number of aryl methyl sites for hydroxylation is 1. The first-order chi connectivity index (χ1) is 12.4. The Morgan fingerprint density at radius 3 is 2.46 bits per heavy atom. The van der Waals surface area contributed by atoms with Crippen molar-refractivity contribution in [1.82, 2.24) is 5.32 Å². The van der Waals surface area contributed by atoms with E-state index in [9.17, 15) is 19.7 Å². The zero-order valence-corrected chi connectivity index (χ0v) is 14.3. The van der Waals surface area contributed by atoms with Crippen LogP contribution in [0.1, 0.15) is 47.3 Å². The summed E-state index contributed by atoms with van der Waals surface area (Å²) in [4.78, 5) is 34.1. The van der Waals surface area contributed by atoms with Crippen molar-refractivity contribution in [2.75, 3.05) is 0 Å². The van der Waals surface area contributed by atoms with Crippen LogP contribution in [0.25, 0.3) is 0 Å². The Hall–Kier alpha value is -3.22. The van der Waals surface area contributed by atoms with Gasteiger partial charge in [-0.2, -0.15) is 0 Å². The maximum absolute atomic E-state index is 12.6. The summed E-state index contributed by atoms with van der Waals surface area (Å²) in [5, 5.41) is 22.9. The lowest BCUT2D eigenvalue weighted by Gasteiger charge is -2.18. The van der Waals surface area contributed by atoms with Gasteiger partial charge in [0.15, 0.2) is 0 Å². The summed E-state index contributed by atoms with van der Waals surface area (Å²) >= 11 is 0. The lowest BCUT2D eigenvalue weighted by atomic mass is 10.0. The van der Waals surface area contributed by atoms with Gasteiger partial charge >= 0.3 is 5.97 Å². The summed E-state index contributed by atoms with van der Waals surface area (Å²) in [6, 6.07) is 12.9. The van der Waals surface area contributed by atoms with Crippen LogP contribution in [0.2, 0.25) is 0 Å². The third-order valence-electron chi connectivity index (χ3n) is 4.08. The summed E-state index contributed by atoms with van der Waals surface area (Å²) in [5.74, 6) is -1.43. The topological polar surface area (TPSA) is 110 Å². The number of nitro groups is 1. The molecule has 0 aliphatic rings. The number of benzene rings is 2. The molecule has 136 valence electrons. The molecule has 0 bridgehead atoms. The van der Waals surface area contributed by atoms with Crippen LogP contribution in [0.3, 0.4) is 0 Å². The van der Waals surface area contributed by atoms with Gasteiger partial charge in [0.25, 0.3) is 11.6 Å². The highest BCUT2D eigenvalue weighted by atomic mass is 16.6. The third-order valence-corrected chi connectivity index (χ3v) is 4.08. The number of carbonyl (C=O) groups is 2. The van der Waals surface area contributed by atoms with Crippen LogP contribution in [0, 0.1) is 10.1 Å². The van der Waals surface area contributed by atoms with Crippen LogP contribution in [-0.4, -0.2) is 21.9 Å². The third kappa shape index (κ3) is 4.89. The van der Waals surface area contributed by atoms with Gasteiger partial charge in [-0.25, -0.2) is 0 Å². The predicted octanol–water partition coefficient (Wildman–Crippen LogP) is 3.49. The molecule has 26 heavy (non-hydrogen) atoms. The maximum Gasteiger partial charge on any atom is 0.303 e. The van der Waals surface area contributed by atoms with Gasteiger partial charge in [0.05, 0.1) is 11.0 Å². The predicted molar refractivity (Wildman–Crippen MR) is 96.0 cm³/mol. The maximum atomic E-state index is 12.6. The quantitative estimate of drug-likeness (QED) is 0.556. The highest BCUT2D eigenvalue weighted by molar-refractivity contribution is 5.95. The molecule has 0 fully saturated rings. The van der Waals surface area contributed by atoms with Crippen LogP contribution in [0.5, 0.6) is 0 Å². The molecule has 0 saturated heterocycles. The Labute approximate surface area is 150 Å². The van der Waals surface area contributed by atoms with Gasteiger partial charge in [-0.05, 0) is 24.5 Å². The largest absolute Gasteiger partial charge is 0.481 e. The number of carboxylic acids is 1. The fourth-order valence-electron chi connectivity index (χ4n) is 2.69. The normalized spacial score (nSPS) is 11.6. The number of carbonyl (C=O) groups excluding carboxylic acids is 1. The highest BCUT2D eigenvalue weighted by Gasteiger charge is 2.20. The Kier molecular flexibility index (Phi) is 6.43. The second-order valence-corrected chi connectivity index (χ2v) is 5.82. The Bertz CT molecular complexity index is 805. The Morgan fingerprint density at radius 2 is 1.88 bits per heavy atom. The van der Waals surface area contributed by atoms with Gasteiger partial charge < -0.3 is 10.4 Å². The molecule has 7 heteroatoms. The van der Waals surface area contributed by atoms with E-state index in [1.165, 1.54) is 6.07 Å². The van der Waals surface area contributed by atoms with E-state index in [1.54, 1.807) is 43.3 Å². The minimum atomic E-state index is -0.955. The number of carboxylic acid groups (broad SMARTS) is 1. The van der Waals surface area contributed by atoms with Crippen LogP contribution in [0.15, 0.2) is 48.5 Å². The average molecular weight is 356 g/mol. The molecule has 0 radical (unpaired) electrons. The summed E-state index contributed by atoms with van der Waals surface area (Å²) in [6.07, 6.45) is 0.610. The van der Waals surface area contributed by atoms with E-state index in [-0.39, 0.29) is 24.1 Å². The molecule has 0 aromatic heterocycles. The molecule has 1 amide bonds. The first-order valence-corrected chi connectivity index (χ1v) is 8.27. The summed E-state index contributed by atoms with van der Waals surface area (Å²) in [5.41, 5.74) is 1.41. The zero-order chi connectivity index (χ0) is 19.1. The number of hydrogen-bond acceptors (Lipinski definition) is 4. The number of hydrogen-bond donors (Lipinski definition) is 2. The van der Waals surface area contributed by atoms with E-state index in [2.05, 4.69) is 5.32 Å². The molecule has 2 N–H and O–H groups in total. The zero-order valence-electron chi connectivity index (χ0n) is 14.3. The minimum absolute atomic E-state index is 0.0954. The summed E-state index contributed by atoms with van der Waals surface area (Å²) < 4.78 is 0. The SMILES string of the molecule is CCc1ccc(C(=O)NC(CCC(=O)O)c2ccccc2)cc1[N+](=O)[O-]. The summed E-state index contributed by atoms with van der Waals surface area (Å²) in [7, 11) is 0. The van der Waals surface area contributed by atoms with Crippen molar-refractivity contribution in [3.63, 3.8) is 0 Å². The van der Waals surface area contributed by atoms with Crippen LogP contribution >= 0.6 is 0 Å². The van der Waals surface area contributed by atoms with E-state index in [0.717, 1.165) is 5.56 Å². The number of amides is 1. The van der Waals surface area contributed by atoms with Crippen molar-refractivity contribution in [1.29, 1.82) is 0 Å². The van der Waals surface area contributed by atoms with E-state index in [0.29, 0.717) is 12.0 Å². The van der Waals surface area contributed by atoms with Crippen molar-refractivity contribution < 1.29 is 19.6 Å². The first kappa shape index (κ1) is 19.1. The molecule has 0 spiro atoms. The molecular weight excluding hydrogens is 336 g/mol. The minimum Gasteiger partial charge on any atom is -0.481 e. The monoisotopic (exact) mass is 356 g/mol. The molecule has 0 aliphatic carbocycles. The van der Waals surface area contributed by atoms with E-state index >= 15 is 0 Å². The van der Waals surface area contributed by atoms with Crippen molar-refractivity contribution in [2.24, 2.45) is 0 Å². The van der Waals surface area contributed by atoms with Gasteiger partial charge in [0.2, 0.25) is 0 Å². The lowest BCUT2D eigenvalue weighted by molar-refractivity contribution is -0.385. The van der Waals surface area contributed by atoms with Crippen molar-refractivity contribution >= 4 is 17.6 Å². The van der Waals surface area contributed by atoms with Gasteiger partial charge in [-0.15, -0.1) is 0 Å². The number of nitrogens with zero attached hydrogens (tertiary/aromatic N) is 1. The molecule has 0 heterocycles. The number of aliphatic carboxylic acids is 1. The molecular formula is C19H20N2O5. The first-order valence-electron chi connectivity index (χ1n) is 8.27. The Balaban J connectivity index is 2.25. The van der Waals surface area contributed by atoms with E-state index in [1.807, 2.05) is 6.07 Å². The molecule has 0 saturated carbocycles. The molecule has 1 unspecified atom stereocenters. The summed E-state index contributed by atoms with van der Waals surface area (Å²) in [6.45, 7) is 1.80. The van der Waals surface area contributed by atoms with Crippen molar-refractivity contribution in [3.05, 3.63) is 75.3 Å². The second kappa shape index (κ2) is 8.75. The van der Waals surface area contributed by atoms with Crippen LogP contribution in [0.4, 0.5) is 5.69 Å². The Morgan fingerprint density at radius 1 is 1.19 bits per heavy atom. The van der Waals surface area contributed by atoms with Gasteiger partial charge in [-0.1, -0.05) is 43.3 Å². The fraction of sp³-hybridized carbons (Fsp3) is 0.263. The molecule has 2 aromatic rings. The van der Waals surface area contributed by atoms with Crippen LogP contribution in [-0.2, 0) is 11.2 Å². The van der Waals surface area contributed by atoms with Gasteiger partial charge in [0.1, 0.15) is 0 Å². The standard InChI is InChI=1S/C19H20N2O5/c1-2-13-8-9-15(12-17(13)21(25)26)19(24)20-16(10-11-18(22)23)14-6-4-3-5-7-14/h3-9,12,16H,2,10-11H2,1H3,(H,20,24)(H,22,23). The van der Waals surface area contributed by atoms with Crippen molar-refractivity contribution in [3.8, 4) is 0 Å². The highest BCUT2D eigenvalue weighted by Crippen LogP contribution is 2.23. The van der Waals surface area contributed by atoms with Crippen molar-refractivity contribution in [2.45, 2.75) is 32.2 Å². The lowest BCUT2D eigenvalue weighted by Crippen LogP contribution is -2.29. The molecule has 2 rings (SSSR count). The number of rotatable bonds is 8. The van der Waals surface area contributed by atoms with Gasteiger partial charge in [0, 0.05) is 23.6 Å². The smallest absolute Gasteiger partial charge is 0.303 e. The van der Waals surface area contributed by atoms with Crippen LogP contribution < -0.4 is 5.32 Å². The second-order valence-electron chi connectivity index (χ2n) is 5.82. The number of nitrogens with one attached hydrogen (secondary N) is 1. The van der Waals surface area contributed by atoms with E-state index in [4.69, 9.17) is 5.11 Å². The average Bonchev–Trinajstić information content (AvgIpc) is 2.64. The number of nitro benzene ring substituents is 1. The van der Waals surface area contributed by atoms with E-state index < -0.39 is 22.8 Å². The molecule has 2 aromatic carbocycles. The molecule has 1 atom stereocenters. The van der Waals surface area contributed by atoms with Gasteiger partial charge in [-0.3, -0.25) is 19.7 Å². The fourth-order valence-corrected chi connectivity index (χ4v) is 2.69. The molecule has 0 aliphatic heterocycles.